The van der Waals surface area contributed by atoms with Crippen molar-refractivity contribution in [2.24, 2.45) is 17.6 Å². The second-order valence-electron chi connectivity index (χ2n) is 6.87. The van der Waals surface area contributed by atoms with Crippen LogP contribution < -0.4 is 5.73 Å². The normalized spacial score (nSPS) is 37.5. The Morgan fingerprint density at radius 3 is 2.90 bits per heavy atom. The van der Waals surface area contributed by atoms with Gasteiger partial charge in [0.25, 0.3) is 5.91 Å². The van der Waals surface area contributed by atoms with E-state index in [0.29, 0.717) is 18.4 Å². The number of amides is 1. The van der Waals surface area contributed by atoms with Crippen LogP contribution in [0.4, 0.5) is 0 Å². The number of hydrogen-bond acceptors (Lipinski definition) is 4. The van der Waals surface area contributed by atoms with Gasteiger partial charge in [-0.25, -0.2) is 0 Å². The van der Waals surface area contributed by atoms with Gasteiger partial charge in [-0.05, 0) is 50.9 Å². The molecule has 3 rings (SSSR count). The Bertz CT molecular complexity index is 371. The number of rotatable bonds is 4. The summed E-state index contributed by atoms with van der Waals surface area (Å²) in [6.45, 7) is 4.90. The van der Waals surface area contributed by atoms with Crippen molar-refractivity contribution < 1.29 is 14.3 Å². The van der Waals surface area contributed by atoms with Crippen LogP contribution in [0.3, 0.4) is 0 Å². The quantitative estimate of drug-likeness (QED) is 0.845. The van der Waals surface area contributed by atoms with Crippen molar-refractivity contribution in [3.8, 4) is 0 Å². The van der Waals surface area contributed by atoms with Gasteiger partial charge in [0.05, 0.1) is 12.7 Å². The van der Waals surface area contributed by atoms with Crippen molar-refractivity contribution in [1.29, 1.82) is 0 Å². The lowest BCUT2D eigenvalue weighted by Crippen LogP contribution is -2.40. The Balaban J connectivity index is 1.44. The van der Waals surface area contributed by atoms with E-state index in [2.05, 4.69) is 0 Å². The third-order valence-corrected chi connectivity index (χ3v) is 5.38. The van der Waals surface area contributed by atoms with Crippen LogP contribution in [-0.2, 0) is 14.3 Å². The molecule has 1 saturated carbocycles. The predicted octanol–water partition coefficient (Wildman–Crippen LogP) is 1.16. The summed E-state index contributed by atoms with van der Waals surface area (Å²) in [5, 5.41) is 0. The number of fused-ring (bicyclic) bond motifs is 1. The number of ether oxygens (including phenoxy) is 2. The van der Waals surface area contributed by atoms with E-state index in [1.165, 1.54) is 12.8 Å². The monoisotopic (exact) mass is 296 g/mol. The average Bonchev–Trinajstić information content (AvgIpc) is 3.07. The Kier molecular flexibility index (Phi) is 4.82. The molecule has 0 aromatic rings. The third-order valence-electron chi connectivity index (χ3n) is 5.38. The minimum absolute atomic E-state index is 0.118. The lowest BCUT2D eigenvalue weighted by atomic mass is 9.98. The van der Waals surface area contributed by atoms with Crippen LogP contribution in [-0.4, -0.2) is 55.4 Å². The number of carbonyl (C=O) groups is 1. The minimum Gasteiger partial charge on any atom is -0.376 e. The fourth-order valence-corrected chi connectivity index (χ4v) is 4.01. The molecule has 2 heterocycles. The van der Waals surface area contributed by atoms with E-state index in [4.69, 9.17) is 15.2 Å². The van der Waals surface area contributed by atoms with E-state index < -0.39 is 0 Å². The second-order valence-corrected chi connectivity index (χ2v) is 6.87. The number of likely N-dealkylation sites (tertiary alicyclic amines) is 1. The summed E-state index contributed by atoms with van der Waals surface area (Å²) >= 11 is 0. The highest BCUT2D eigenvalue weighted by Crippen LogP contribution is 2.37. The van der Waals surface area contributed by atoms with Crippen molar-refractivity contribution in [3.05, 3.63) is 0 Å². The van der Waals surface area contributed by atoms with Gasteiger partial charge in [-0.15, -0.1) is 0 Å². The minimum atomic E-state index is -0.370. The molecular formula is C16H28N2O3. The van der Waals surface area contributed by atoms with Gasteiger partial charge in [0, 0.05) is 25.7 Å². The topological polar surface area (TPSA) is 64.8 Å². The number of carbonyl (C=O) groups excluding carboxylic acids is 1. The van der Waals surface area contributed by atoms with E-state index in [1.807, 2.05) is 11.8 Å². The summed E-state index contributed by atoms with van der Waals surface area (Å²) in [6, 6.07) is 0.277. The summed E-state index contributed by atoms with van der Waals surface area (Å²) in [6.07, 6.45) is 5.46. The van der Waals surface area contributed by atoms with Crippen LogP contribution in [0.15, 0.2) is 0 Å². The zero-order chi connectivity index (χ0) is 14.8. The molecule has 21 heavy (non-hydrogen) atoms. The van der Waals surface area contributed by atoms with Crippen molar-refractivity contribution in [1.82, 2.24) is 4.90 Å². The molecular weight excluding hydrogens is 268 g/mol. The van der Waals surface area contributed by atoms with Gasteiger partial charge in [0.2, 0.25) is 0 Å². The first-order valence-electron chi connectivity index (χ1n) is 8.42. The molecule has 5 nitrogen and oxygen atoms in total. The molecule has 0 aromatic carbocycles. The Hall–Kier alpha value is -0.650. The van der Waals surface area contributed by atoms with E-state index in [1.54, 1.807) is 0 Å². The molecule has 0 aromatic heterocycles. The average molecular weight is 296 g/mol. The largest absolute Gasteiger partial charge is 0.376 e. The van der Waals surface area contributed by atoms with Gasteiger partial charge >= 0.3 is 0 Å². The Morgan fingerprint density at radius 1 is 1.33 bits per heavy atom. The van der Waals surface area contributed by atoms with E-state index >= 15 is 0 Å². The molecule has 1 aliphatic carbocycles. The second kappa shape index (κ2) is 6.63. The van der Waals surface area contributed by atoms with Crippen molar-refractivity contribution in [2.45, 2.75) is 57.3 Å². The molecule has 2 saturated heterocycles. The maximum absolute atomic E-state index is 12.5. The molecule has 0 spiro atoms. The molecule has 2 aliphatic heterocycles. The lowest BCUT2D eigenvalue weighted by molar-refractivity contribution is -0.145. The zero-order valence-electron chi connectivity index (χ0n) is 13.0. The zero-order valence-corrected chi connectivity index (χ0v) is 13.0. The highest BCUT2D eigenvalue weighted by molar-refractivity contribution is 5.80. The summed E-state index contributed by atoms with van der Waals surface area (Å²) in [7, 11) is 0. The molecule has 5 heteroatoms. The van der Waals surface area contributed by atoms with Gasteiger partial charge in [-0.3, -0.25) is 4.79 Å². The number of nitrogens with two attached hydrogens (primary N) is 1. The highest BCUT2D eigenvalue weighted by Gasteiger charge is 2.43. The van der Waals surface area contributed by atoms with Gasteiger partial charge < -0.3 is 20.1 Å². The first kappa shape index (κ1) is 15.3. The molecule has 5 atom stereocenters. The van der Waals surface area contributed by atoms with Crippen LogP contribution in [0.5, 0.6) is 0 Å². The van der Waals surface area contributed by atoms with Crippen molar-refractivity contribution in [2.75, 3.05) is 26.3 Å². The van der Waals surface area contributed by atoms with Crippen LogP contribution in [0, 0.1) is 11.8 Å². The van der Waals surface area contributed by atoms with E-state index in [9.17, 15) is 4.79 Å². The number of hydrogen-bond donors (Lipinski definition) is 1. The van der Waals surface area contributed by atoms with Crippen LogP contribution in [0.25, 0.3) is 0 Å². The molecule has 5 unspecified atom stereocenters. The van der Waals surface area contributed by atoms with Crippen molar-refractivity contribution in [3.63, 3.8) is 0 Å². The summed E-state index contributed by atoms with van der Waals surface area (Å²) in [5.41, 5.74) is 6.13. The van der Waals surface area contributed by atoms with E-state index in [-0.39, 0.29) is 24.2 Å². The fourth-order valence-electron chi connectivity index (χ4n) is 4.01. The first-order valence-corrected chi connectivity index (χ1v) is 8.42. The SMILES string of the molecule is CC(OCC1CCCCO1)C(=O)N1CC2CCC(N)C2C1. The maximum atomic E-state index is 12.5. The molecule has 0 bridgehead atoms. The fraction of sp³-hybridized carbons (Fsp3) is 0.938. The Morgan fingerprint density at radius 2 is 2.19 bits per heavy atom. The highest BCUT2D eigenvalue weighted by atomic mass is 16.5. The van der Waals surface area contributed by atoms with Gasteiger partial charge in [-0.1, -0.05) is 0 Å². The van der Waals surface area contributed by atoms with Gasteiger partial charge in [-0.2, -0.15) is 0 Å². The molecule has 120 valence electrons. The smallest absolute Gasteiger partial charge is 0.251 e. The molecule has 3 aliphatic rings. The van der Waals surface area contributed by atoms with E-state index in [0.717, 1.165) is 39.0 Å². The first-order chi connectivity index (χ1) is 10.1. The summed E-state index contributed by atoms with van der Waals surface area (Å²) in [4.78, 5) is 14.4. The van der Waals surface area contributed by atoms with Crippen LogP contribution >= 0.6 is 0 Å². The van der Waals surface area contributed by atoms with Crippen LogP contribution in [0.2, 0.25) is 0 Å². The molecule has 2 N–H and O–H groups in total. The summed E-state index contributed by atoms with van der Waals surface area (Å²) < 4.78 is 11.4. The van der Waals surface area contributed by atoms with Gasteiger partial charge in [0.15, 0.2) is 0 Å². The summed E-state index contributed by atoms with van der Waals surface area (Å²) in [5.74, 6) is 1.23. The number of nitrogens with zero attached hydrogens (tertiary/aromatic N) is 1. The lowest BCUT2D eigenvalue weighted by Gasteiger charge is -2.26. The molecule has 3 fully saturated rings. The van der Waals surface area contributed by atoms with Crippen LogP contribution in [0.1, 0.15) is 39.0 Å². The third kappa shape index (κ3) is 3.41. The van der Waals surface area contributed by atoms with Gasteiger partial charge in [0.1, 0.15) is 6.10 Å². The maximum Gasteiger partial charge on any atom is 0.251 e. The molecule has 1 amide bonds. The Labute approximate surface area is 127 Å². The van der Waals surface area contributed by atoms with Crippen molar-refractivity contribution >= 4 is 5.91 Å². The molecule has 0 radical (unpaired) electrons. The predicted molar refractivity (Wildman–Crippen MR) is 79.8 cm³/mol. The standard InChI is InChI=1S/C16H28N2O3/c1-11(21-10-13-4-2-3-7-20-13)16(19)18-8-12-5-6-15(17)14(12)9-18/h11-15H,2-10,17H2,1H3.